The third-order valence-electron chi connectivity index (χ3n) is 2.31. The first kappa shape index (κ1) is 6.02. The van der Waals surface area contributed by atoms with E-state index in [4.69, 9.17) is 4.42 Å². The molecule has 1 aliphatic carbocycles. The maximum absolute atomic E-state index is 5.32. The molecule has 0 saturated heterocycles. The van der Waals surface area contributed by atoms with Gasteiger partial charge in [-0.2, -0.15) is 0 Å². The SMILES string of the molecule is Cc1occ2c1CCCC2. The molecule has 0 atom stereocenters. The summed E-state index contributed by atoms with van der Waals surface area (Å²) in [4.78, 5) is 0. The zero-order chi connectivity index (χ0) is 6.97. The largest absolute Gasteiger partial charge is 0.469 e. The molecular weight excluding hydrogens is 124 g/mol. The first-order chi connectivity index (χ1) is 4.88. The summed E-state index contributed by atoms with van der Waals surface area (Å²) in [6.45, 7) is 2.06. The molecule has 1 aromatic heterocycles. The van der Waals surface area contributed by atoms with Gasteiger partial charge in [0.25, 0.3) is 0 Å². The average Bonchev–Trinajstić information content (AvgIpc) is 2.34. The maximum Gasteiger partial charge on any atom is 0.104 e. The summed E-state index contributed by atoms with van der Waals surface area (Å²) in [7, 11) is 0. The second-order valence-corrected chi connectivity index (χ2v) is 3.00. The standard InChI is InChI=1S/C9H12O/c1-7-9-5-3-2-4-8(9)6-10-7/h6H,2-5H2,1H3. The van der Waals surface area contributed by atoms with E-state index in [-0.39, 0.29) is 0 Å². The van der Waals surface area contributed by atoms with Gasteiger partial charge in [-0.25, -0.2) is 0 Å². The van der Waals surface area contributed by atoms with Crippen molar-refractivity contribution < 1.29 is 4.42 Å². The van der Waals surface area contributed by atoms with E-state index in [9.17, 15) is 0 Å². The lowest BCUT2D eigenvalue weighted by atomic mass is 9.94. The molecule has 1 aromatic rings. The number of hydrogen-bond acceptors (Lipinski definition) is 1. The van der Waals surface area contributed by atoms with Crippen molar-refractivity contribution in [1.29, 1.82) is 0 Å². The van der Waals surface area contributed by atoms with Crippen molar-refractivity contribution in [2.45, 2.75) is 32.6 Å². The highest BCUT2D eigenvalue weighted by Gasteiger charge is 2.13. The zero-order valence-corrected chi connectivity index (χ0v) is 6.31. The normalized spacial score (nSPS) is 16.9. The van der Waals surface area contributed by atoms with E-state index in [1.165, 1.54) is 36.8 Å². The highest BCUT2D eigenvalue weighted by Crippen LogP contribution is 2.25. The highest BCUT2D eigenvalue weighted by atomic mass is 16.3. The molecule has 0 unspecified atom stereocenters. The predicted octanol–water partition coefficient (Wildman–Crippen LogP) is 2.47. The van der Waals surface area contributed by atoms with Crippen molar-refractivity contribution in [3.05, 3.63) is 23.2 Å². The van der Waals surface area contributed by atoms with Crippen LogP contribution in [0.5, 0.6) is 0 Å². The molecule has 0 amide bonds. The van der Waals surface area contributed by atoms with Crippen LogP contribution in [0.3, 0.4) is 0 Å². The maximum atomic E-state index is 5.32. The lowest BCUT2D eigenvalue weighted by Crippen LogP contribution is -1.99. The summed E-state index contributed by atoms with van der Waals surface area (Å²) in [6.07, 6.45) is 7.06. The smallest absolute Gasteiger partial charge is 0.104 e. The molecular formula is C9H12O. The fraction of sp³-hybridized carbons (Fsp3) is 0.556. The summed E-state index contributed by atoms with van der Waals surface area (Å²) in [6, 6.07) is 0. The minimum atomic E-state index is 1.13. The van der Waals surface area contributed by atoms with Gasteiger partial charge in [0.15, 0.2) is 0 Å². The molecule has 0 saturated carbocycles. The van der Waals surface area contributed by atoms with Crippen LogP contribution in [0.4, 0.5) is 0 Å². The minimum absolute atomic E-state index is 1.13. The highest BCUT2D eigenvalue weighted by molar-refractivity contribution is 5.29. The van der Waals surface area contributed by atoms with E-state index in [2.05, 4.69) is 6.92 Å². The summed E-state index contributed by atoms with van der Waals surface area (Å²) < 4.78 is 5.32. The zero-order valence-electron chi connectivity index (χ0n) is 6.31. The van der Waals surface area contributed by atoms with E-state index in [0.717, 1.165) is 5.76 Å². The Hall–Kier alpha value is -0.720. The molecule has 1 aliphatic rings. The number of rotatable bonds is 0. The molecule has 0 radical (unpaired) electrons. The molecule has 0 aliphatic heterocycles. The van der Waals surface area contributed by atoms with Gasteiger partial charge in [-0.15, -0.1) is 0 Å². The predicted molar refractivity (Wildman–Crippen MR) is 40.1 cm³/mol. The fourth-order valence-corrected chi connectivity index (χ4v) is 1.69. The van der Waals surface area contributed by atoms with Crippen LogP contribution in [-0.2, 0) is 12.8 Å². The molecule has 0 spiro atoms. The van der Waals surface area contributed by atoms with Crippen LogP contribution < -0.4 is 0 Å². The van der Waals surface area contributed by atoms with Gasteiger partial charge >= 0.3 is 0 Å². The van der Waals surface area contributed by atoms with Crippen molar-refractivity contribution in [2.24, 2.45) is 0 Å². The van der Waals surface area contributed by atoms with Gasteiger partial charge in [0.2, 0.25) is 0 Å². The van der Waals surface area contributed by atoms with Crippen LogP contribution >= 0.6 is 0 Å². The monoisotopic (exact) mass is 136 g/mol. The van der Waals surface area contributed by atoms with Crippen molar-refractivity contribution in [1.82, 2.24) is 0 Å². The van der Waals surface area contributed by atoms with Crippen molar-refractivity contribution in [3.8, 4) is 0 Å². The molecule has 2 rings (SSSR count). The summed E-state index contributed by atoms with van der Waals surface area (Å²) in [5.41, 5.74) is 2.93. The van der Waals surface area contributed by atoms with Crippen LogP contribution in [0.1, 0.15) is 29.7 Å². The molecule has 10 heavy (non-hydrogen) atoms. The van der Waals surface area contributed by atoms with Gasteiger partial charge < -0.3 is 4.42 Å². The fourth-order valence-electron chi connectivity index (χ4n) is 1.69. The van der Waals surface area contributed by atoms with Crippen molar-refractivity contribution in [3.63, 3.8) is 0 Å². The van der Waals surface area contributed by atoms with Crippen molar-refractivity contribution >= 4 is 0 Å². The Morgan fingerprint density at radius 1 is 1.30 bits per heavy atom. The first-order valence-electron chi connectivity index (χ1n) is 3.94. The molecule has 0 aromatic carbocycles. The second-order valence-electron chi connectivity index (χ2n) is 3.00. The van der Waals surface area contributed by atoms with E-state index in [1.807, 2.05) is 6.26 Å². The summed E-state index contributed by atoms with van der Waals surface area (Å²) in [5, 5.41) is 0. The number of aryl methyl sites for hydroxylation is 2. The first-order valence-corrected chi connectivity index (χ1v) is 3.94. The van der Waals surface area contributed by atoms with Crippen LogP contribution in [0.15, 0.2) is 10.7 Å². The van der Waals surface area contributed by atoms with Gasteiger partial charge in [0.05, 0.1) is 6.26 Å². The Balaban J connectivity index is 2.45. The van der Waals surface area contributed by atoms with Crippen molar-refractivity contribution in [2.75, 3.05) is 0 Å². The Kier molecular flexibility index (Phi) is 1.30. The Labute approximate surface area is 61.0 Å². The minimum Gasteiger partial charge on any atom is -0.469 e. The molecule has 1 nitrogen and oxygen atoms in total. The van der Waals surface area contributed by atoms with Gasteiger partial charge in [-0.1, -0.05) is 0 Å². The lowest BCUT2D eigenvalue weighted by molar-refractivity contribution is 0.529. The quantitative estimate of drug-likeness (QED) is 0.534. The summed E-state index contributed by atoms with van der Waals surface area (Å²) >= 11 is 0. The van der Waals surface area contributed by atoms with Crippen LogP contribution in [0, 0.1) is 6.92 Å². The molecule has 0 bridgehead atoms. The van der Waals surface area contributed by atoms with Gasteiger partial charge in [-0.3, -0.25) is 0 Å². The lowest BCUT2D eigenvalue weighted by Gasteiger charge is -2.09. The van der Waals surface area contributed by atoms with Crippen LogP contribution in [0.25, 0.3) is 0 Å². The molecule has 1 heterocycles. The van der Waals surface area contributed by atoms with Crippen LogP contribution in [0.2, 0.25) is 0 Å². The van der Waals surface area contributed by atoms with E-state index in [1.54, 1.807) is 0 Å². The number of fused-ring (bicyclic) bond motifs is 1. The average molecular weight is 136 g/mol. The topological polar surface area (TPSA) is 13.1 Å². The van der Waals surface area contributed by atoms with E-state index < -0.39 is 0 Å². The molecule has 0 N–H and O–H groups in total. The van der Waals surface area contributed by atoms with E-state index >= 15 is 0 Å². The molecule has 1 heteroatoms. The Morgan fingerprint density at radius 3 is 2.90 bits per heavy atom. The third-order valence-corrected chi connectivity index (χ3v) is 2.31. The Bertz CT molecular complexity index is 235. The molecule has 0 fully saturated rings. The van der Waals surface area contributed by atoms with Gasteiger partial charge in [0.1, 0.15) is 5.76 Å². The van der Waals surface area contributed by atoms with E-state index in [0.29, 0.717) is 0 Å². The second kappa shape index (κ2) is 2.15. The van der Waals surface area contributed by atoms with Gasteiger partial charge in [-0.05, 0) is 43.7 Å². The number of hydrogen-bond donors (Lipinski definition) is 0. The summed E-state index contributed by atoms with van der Waals surface area (Å²) in [5.74, 6) is 1.13. The number of furan rings is 1. The Morgan fingerprint density at radius 2 is 2.10 bits per heavy atom. The van der Waals surface area contributed by atoms with Crippen LogP contribution in [-0.4, -0.2) is 0 Å². The van der Waals surface area contributed by atoms with Gasteiger partial charge in [0, 0.05) is 0 Å². The molecule has 54 valence electrons. The third kappa shape index (κ3) is 0.772.